The number of carbonyl (C=O) groups is 2. The number of fused-ring (bicyclic) bond motifs is 1. The number of cyclic esters (lactones) is 1. The molecule has 0 unspecified atom stereocenters. The molecule has 8 heteroatoms. The van der Waals surface area contributed by atoms with Crippen LogP contribution in [0.4, 0.5) is 10.8 Å². The third-order valence-electron chi connectivity index (χ3n) is 3.69. The minimum atomic E-state index is -0.814. The average Bonchev–Trinajstić information content (AvgIpc) is 3.22. The molecule has 6 nitrogen and oxygen atoms in total. The van der Waals surface area contributed by atoms with E-state index >= 15 is 0 Å². The zero-order valence-corrected chi connectivity index (χ0v) is 14.9. The zero-order valence-electron chi connectivity index (χ0n) is 13.2. The number of nitrogens with one attached hydrogen (secondary N) is 1. The Labute approximate surface area is 151 Å². The fourth-order valence-electron chi connectivity index (χ4n) is 2.54. The van der Waals surface area contributed by atoms with Gasteiger partial charge < -0.3 is 14.8 Å². The first-order chi connectivity index (χ1) is 12.1. The fourth-order valence-corrected chi connectivity index (χ4v) is 4.56. The zero-order chi connectivity index (χ0) is 17.4. The molecule has 0 radical (unpaired) electrons. The highest BCUT2D eigenvalue weighted by molar-refractivity contribution is 7.29. The second-order valence-electron chi connectivity index (χ2n) is 5.67. The molecule has 3 aromatic rings. The highest BCUT2D eigenvalue weighted by atomic mass is 32.1. The van der Waals surface area contributed by atoms with Crippen molar-refractivity contribution in [1.82, 2.24) is 4.98 Å². The molecule has 1 aromatic carbocycles. The Balaban J connectivity index is 1.47. The number of hydrogen-bond donors (Lipinski definition) is 1. The van der Waals surface area contributed by atoms with E-state index in [1.54, 1.807) is 13.0 Å². The molecule has 1 aliphatic rings. The topological polar surface area (TPSA) is 77.5 Å². The van der Waals surface area contributed by atoms with Crippen LogP contribution in [-0.4, -0.2) is 29.1 Å². The van der Waals surface area contributed by atoms with Crippen molar-refractivity contribution >= 4 is 55.0 Å². The van der Waals surface area contributed by atoms with E-state index in [1.165, 1.54) is 22.7 Å². The molecule has 0 saturated carbocycles. The second kappa shape index (κ2) is 6.45. The molecule has 128 valence electrons. The van der Waals surface area contributed by atoms with Gasteiger partial charge in [0, 0.05) is 12.1 Å². The number of carbonyl (C=O) groups excluding carboxylic acids is 2. The molecule has 0 amide bonds. The number of hydrogen-bond acceptors (Lipinski definition) is 8. The van der Waals surface area contributed by atoms with Crippen molar-refractivity contribution < 1.29 is 19.1 Å². The smallest absolute Gasteiger partial charge is 0.349 e. The predicted molar refractivity (Wildman–Crippen MR) is 96.6 cm³/mol. The van der Waals surface area contributed by atoms with E-state index in [0.29, 0.717) is 11.3 Å². The summed E-state index contributed by atoms with van der Waals surface area (Å²) in [5.41, 5.74) is 0.956. The monoisotopic (exact) mass is 374 g/mol. The molecule has 1 saturated heterocycles. The third kappa shape index (κ3) is 3.35. The van der Waals surface area contributed by atoms with Crippen LogP contribution in [-0.2, 0) is 14.3 Å². The maximum atomic E-state index is 12.2. The van der Waals surface area contributed by atoms with E-state index in [1.807, 2.05) is 30.3 Å². The lowest BCUT2D eigenvalue weighted by atomic mass is 10.2. The Morgan fingerprint density at radius 1 is 1.32 bits per heavy atom. The van der Waals surface area contributed by atoms with Crippen molar-refractivity contribution in [1.29, 1.82) is 0 Å². The van der Waals surface area contributed by atoms with E-state index in [9.17, 15) is 9.59 Å². The summed E-state index contributed by atoms with van der Waals surface area (Å²) in [5, 5.41) is 4.00. The van der Waals surface area contributed by atoms with Crippen molar-refractivity contribution in [2.24, 2.45) is 0 Å². The number of benzene rings is 1. The van der Waals surface area contributed by atoms with Gasteiger partial charge in [0.15, 0.2) is 5.13 Å². The highest BCUT2D eigenvalue weighted by Gasteiger charge is 2.35. The second-order valence-corrected chi connectivity index (χ2v) is 7.73. The van der Waals surface area contributed by atoms with Crippen LogP contribution in [0.2, 0.25) is 0 Å². The summed E-state index contributed by atoms with van der Waals surface area (Å²) >= 11 is 2.72. The summed E-state index contributed by atoms with van der Waals surface area (Å²) in [5.74, 6) is -0.990. The average molecular weight is 374 g/mol. The lowest BCUT2D eigenvalue weighted by Crippen LogP contribution is -2.22. The molecule has 1 N–H and O–H groups in total. The Hall–Kier alpha value is -2.45. The Morgan fingerprint density at radius 2 is 2.12 bits per heavy atom. The van der Waals surface area contributed by atoms with E-state index in [-0.39, 0.29) is 6.10 Å². The minimum Gasteiger partial charge on any atom is -0.460 e. The quantitative estimate of drug-likeness (QED) is 0.697. The third-order valence-corrected chi connectivity index (χ3v) is 5.75. The maximum Gasteiger partial charge on any atom is 0.349 e. The van der Waals surface area contributed by atoms with Gasteiger partial charge in [0.1, 0.15) is 15.8 Å². The molecular weight excluding hydrogens is 360 g/mol. The molecule has 2 atom stereocenters. The van der Waals surface area contributed by atoms with Gasteiger partial charge in [0.2, 0.25) is 6.10 Å². The van der Waals surface area contributed by atoms with E-state index in [0.717, 1.165) is 20.3 Å². The van der Waals surface area contributed by atoms with Crippen LogP contribution < -0.4 is 5.32 Å². The molecule has 0 aliphatic carbocycles. The summed E-state index contributed by atoms with van der Waals surface area (Å²) in [6, 6.07) is 11.5. The van der Waals surface area contributed by atoms with E-state index in [2.05, 4.69) is 10.3 Å². The lowest BCUT2D eigenvalue weighted by molar-refractivity contribution is -0.147. The summed E-state index contributed by atoms with van der Waals surface area (Å²) < 4.78 is 11.2. The van der Waals surface area contributed by atoms with Crippen LogP contribution in [0.15, 0.2) is 36.4 Å². The van der Waals surface area contributed by atoms with Gasteiger partial charge in [-0.1, -0.05) is 29.5 Å². The van der Waals surface area contributed by atoms with E-state index in [4.69, 9.17) is 9.47 Å². The Bertz CT molecular complexity index is 903. The van der Waals surface area contributed by atoms with Crippen LogP contribution in [0.25, 0.3) is 9.53 Å². The molecule has 1 fully saturated rings. The van der Waals surface area contributed by atoms with Crippen LogP contribution in [0, 0.1) is 0 Å². The fraction of sp³-hybridized carbons (Fsp3) is 0.235. The van der Waals surface area contributed by atoms with Crippen LogP contribution in [0.5, 0.6) is 0 Å². The minimum absolute atomic E-state index is 0.217. The van der Waals surface area contributed by atoms with Gasteiger partial charge in [-0.15, -0.1) is 11.3 Å². The van der Waals surface area contributed by atoms with Gasteiger partial charge in [0.05, 0.1) is 4.70 Å². The number of esters is 2. The normalized spacial score (nSPS) is 19.8. The number of thiazole rings is 1. The summed E-state index contributed by atoms with van der Waals surface area (Å²) in [6.45, 7) is 1.78. The first-order valence-corrected chi connectivity index (χ1v) is 9.36. The van der Waals surface area contributed by atoms with Crippen LogP contribution >= 0.6 is 22.7 Å². The Kier molecular flexibility index (Phi) is 4.14. The maximum absolute atomic E-state index is 12.2. The largest absolute Gasteiger partial charge is 0.460 e. The predicted octanol–water partition coefficient (Wildman–Crippen LogP) is 3.96. The number of nitrogens with zero attached hydrogens (tertiary/aromatic N) is 1. The number of anilines is 2. The van der Waals surface area contributed by atoms with Gasteiger partial charge in [0.25, 0.3) is 0 Å². The van der Waals surface area contributed by atoms with Gasteiger partial charge in [-0.3, -0.25) is 0 Å². The molecular formula is C17H14N2O4S2. The molecule has 2 aromatic heterocycles. The highest BCUT2D eigenvalue weighted by Crippen LogP contribution is 2.34. The number of ether oxygens (including phenoxy) is 2. The molecule has 25 heavy (non-hydrogen) atoms. The van der Waals surface area contributed by atoms with Gasteiger partial charge >= 0.3 is 11.9 Å². The standard InChI is InChI=1S/C17H14N2O4S2/c1-9-7-11(15(20)22-9)23-16(21)13-8-12-14(24-13)19-17(25-12)18-10-5-3-2-4-6-10/h2-6,8-9,11H,7H2,1H3,(H,18,19)/t9-,11+/m0/s1. The van der Waals surface area contributed by atoms with Crippen molar-refractivity contribution in [3.05, 3.63) is 41.3 Å². The summed E-state index contributed by atoms with van der Waals surface area (Å²) in [7, 11) is 0. The number of aromatic nitrogens is 1. The first kappa shape index (κ1) is 16.0. The van der Waals surface area contributed by atoms with E-state index < -0.39 is 18.0 Å². The molecule has 3 heterocycles. The summed E-state index contributed by atoms with van der Waals surface area (Å²) in [4.78, 5) is 29.5. The molecule has 0 bridgehead atoms. The van der Waals surface area contributed by atoms with Crippen molar-refractivity contribution in [2.75, 3.05) is 5.32 Å². The summed E-state index contributed by atoms with van der Waals surface area (Å²) in [6.07, 6.45) is -0.635. The lowest BCUT2D eigenvalue weighted by Gasteiger charge is -2.06. The van der Waals surface area contributed by atoms with Crippen molar-refractivity contribution in [3.8, 4) is 0 Å². The van der Waals surface area contributed by atoms with Crippen LogP contribution in [0.1, 0.15) is 23.0 Å². The molecule has 1 aliphatic heterocycles. The van der Waals surface area contributed by atoms with Gasteiger partial charge in [-0.25, -0.2) is 14.6 Å². The number of para-hydroxylation sites is 1. The van der Waals surface area contributed by atoms with Crippen molar-refractivity contribution in [2.45, 2.75) is 25.6 Å². The van der Waals surface area contributed by atoms with Crippen molar-refractivity contribution in [3.63, 3.8) is 0 Å². The number of thiophene rings is 1. The number of rotatable bonds is 4. The molecule has 4 rings (SSSR count). The SMILES string of the molecule is C[C@H]1C[C@@H](OC(=O)c2cc3sc(Nc4ccccc4)nc3s2)C(=O)O1. The van der Waals surface area contributed by atoms with Gasteiger partial charge in [-0.2, -0.15) is 0 Å². The van der Waals surface area contributed by atoms with Gasteiger partial charge in [-0.05, 0) is 25.1 Å². The molecule has 0 spiro atoms. The van der Waals surface area contributed by atoms with Crippen LogP contribution in [0.3, 0.4) is 0 Å². The Morgan fingerprint density at radius 3 is 2.80 bits per heavy atom. The first-order valence-electron chi connectivity index (χ1n) is 7.72.